The van der Waals surface area contributed by atoms with Crippen LogP contribution in [-0.4, -0.2) is 76.8 Å². The van der Waals surface area contributed by atoms with Gasteiger partial charge >= 0.3 is 6.03 Å². The van der Waals surface area contributed by atoms with E-state index < -0.39 is 11.4 Å². The summed E-state index contributed by atoms with van der Waals surface area (Å²) in [4.78, 5) is 44.4. The fraction of sp³-hybridized carbons (Fsp3) is 0.625. The zero-order valence-corrected chi connectivity index (χ0v) is 19.0. The van der Waals surface area contributed by atoms with Gasteiger partial charge in [0.25, 0.3) is 5.91 Å². The highest BCUT2D eigenvalue weighted by Gasteiger charge is 2.54. The maximum Gasteiger partial charge on any atom is 0.325 e. The van der Waals surface area contributed by atoms with E-state index in [4.69, 9.17) is 0 Å². The van der Waals surface area contributed by atoms with Crippen LogP contribution in [0.3, 0.4) is 0 Å². The van der Waals surface area contributed by atoms with Gasteiger partial charge in [0.1, 0.15) is 11.4 Å². The number of hydrogen-bond donors (Lipinski definition) is 1. The molecule has 3 saturated heterocycles. The second-order valence-electron chi connectivity index (χ2n) is 9.79. The number of rotatable bonds is 5. The van der Waals surface area contributed by atoms with Crippen molar-refractivity contribution in [2.24, 2.45) is 5.92 Å². The van der Waals surface area contributed by atoms with E-state index in [1.807, 2.05) is 0 Å². The van der Waals surface area contributed by atoms with Crippen LogP contribution in [0.25, 0.3) is 0 Å². The zero-order chi connectivity index (χ0) is 22.9. The molecule has 3 aliphatic rings. The van der Waals surface area contributed by atoms with Crippen LogP contribution in [0.2, 0.25) is 0 Å². The van der Waals surface area contributed by atoms with E-state index in [9.17, 15) is 18.8 Å². The van der Waals surface area contributed by atoms with Gasteiger partial charge in [0, 0.05) is 32.7 Å². The molecule has 1 spiro atoms. The highest BCUT2D eigenvalue weighted by molar-refractivity contribution is 6.07. The summed E-state index contributed by atoms with van der Waals surface area (Å²) in [6.07, 6.45) is 2.60. The van der Waals surface area contributed by atoms with Crippen molar-refractivity contribution in [1.82, 2.24) is 20.0 Å². The number of urea groups is 1. The Balaban J connectivity index is 1.40. The molecular weight excluding hydrogens is 411 g/mol. The summed E-state index contributed by atoms with van der Waals surface area (Å²) in [5, 5.41) is 2.99. The van der Waals surface area contributed by atoms with Crippen molar-refractivity contribution in [3.63, 3.8) is 0 Å². The van der Waals surface area contributed by atoms with Gasteiger partial charge in [-0.1, -0.05) is 32.0 Å². The second kappa shape index (κ2) is 9.17. The molecule has 0 unspecified atom stereocenters. The van der Waals surface area contributed by atoms with Crippen LogP contribution in [0.5, 0.6) is 0 Å². The van der Waals surface area contributed by atoms with E-state index in [2.05, 4.69) is 24.1 Å². The molecule has 174 valence electrons. The second-order valence-corrected chi connectivity index (χ2v) is 9.79. The first-order valence-electron chi connectivity index (χ1n) is 11.7. The lowest BCUT2D eigenvalue weighted by Gasteiger charge is -2.39. The SMILES string of the molecule is CC(C)CN1CCC2(CC1)NC(=O)N([C@@H]1CCCN(C(=O)Cc3ccccc3F)C1)C2=O. The van der Waals surface area contributed by atoms with Crippen LogP contribution in [0.4, 0.5) is 9.18 Å². The molecule has 0 radical (unpaired) electrons. The number of likely N-dealkylation sites (tertiary alicyclic amines) is 2. The van der Waals surface area contributed by atoms with E-state index in [1.54, 1.807) is 23.1 Å². The number of piperidine rings is 2. The Labute approximate surface area is 188 Å². The number of nitrogens with zero attached hydrogens (tertiary/aromatic N) is 3. The Kier molecular flexibility index (Phi) is 6.51. The van der Waals surface area contributed by atoms with Crippen LogP contribution in [-0.2, 0) is 16.0 Å². The molecular formula is C24H33FN4O3. The van der Waals surface area contributed by atoms with Crippen molar-refractivity contribution >= 4 is 17.8 Å². The molecule has 0 bridgehead atoms. The molecule has 0 saturated carbocycles. The molecule has 0 aliphatic carbocycles. The molecule has 1 aromatic carbocycles. The Bertz CT molecular complexity index is 882. The molecule has 3 aliphatic heterocycles. The first kappa shape index (κ1) is 22.7. The summed E-state index contributed by atoms with van der Waals surface area (Å²) in [5.41, 5.74) is -0.453. The number of hydrogen-bond acceptors (Lipinski definition) is 4. The monoisotopic (exact) mass is 444 g/mol. The maximum absolute atomic E-state index is 14.0. The molecule has 4 amide bonds. The van der Waals surface area contributed by atoms with Crippen molar-refractivity contribution in [3.05, 3.63) is 35.6 Å². The van der Waals surface area contributed by atoms with Crippen LogP contribution >= 0.6 is 0 Å². The van der Waals surface area contributed by atoms with Gasteiger partial charge in [-0.2, -0.15) is 0 Å². The number of benzene rings is 1. The first-order valence-corrected chi connectivity index (χ1v) is 11.7. The minimum Gasteiger partial charge on any atom is -0.340 e. The van der Waals surface area contributed by atoms with Crippen molar-refractivity contribution in [3.8, 4) is 0 Å². The Morgan fingerprint density at radius 2 is 1.91 bits per heavy atom. The summed E-state index contributed by atoms with van der Waals surface area (Å²) in [6, 6.07) is 5.59. The van der Waals surface area contributed by atoms with Gasteiger partial charge in [0.15, 0.2) is 0 Å². The first-order chi connectivity index (χ1) is 15.3. The lowest BCUT2D eigenvalue weighted by molar-refractivity contribution is -0.139. The van der Waals surface area contributed by atoms with Gasteiger partial charge in [0.05, 0.1) is 12.5 Å². The van der Waals surface area contributed by atoms with E-state index in [0.717, 1.165) is 19.6 Å². The third-order valence-electron chi connectivity index (χ3n) is 6.94. The van der Waals surface area contributed by atoms with Gasteiger partial charge in [-0.25, -0.2) is 9.18 Å². The summed E-state index contributed by atoms with van der Waals surface area (Å²) in [6.45, 7) is 7.79. The molecule has 3 heterocycles. The number of carbonyl (C=O) groups excluding carboxylic acids is 3. The molecule has 1 aromatic rings. The molecule has 3 fully saturated rings. The Hall–Kier alpha value is -2.48. The Morgan fingerprint density at radius 1 is 1.19 bits per heavy atom. The molecule has 7 nitrogen and oxygen atoms in total. The van der Waals surface area contributed by atoms with E-state index >= 15 is 0 Å². The number of halogens is 1. The summed E-state index contributed by atoms with van der Waals surface area (Å²) in [5.74, 6) is -0.164. The Morgan fingerprint density at radius 3 is 2.59 bits per heavy atom. The molecule has 1 N–H and O–H groups in total. The lowest BCUT2D eigenvalue weighted by atomic mass is 9.86. The summed E-state index contributed by atoms with van der Waals surface area (Å²) < 4.78 is 14.0. The van der Waals surface area contributed by atoms with Crippen molar-refractivity contribution in [2.75, 3.05) is 32.7 Å². The standard InChI is InChI=1S/C24H33FN4O3/c1-17(2)15-27-12-9-24(10-13-27)22(31)29(23(32)26-24)19-7-5-11-28(16-19)21(30)14-18-6-3-4-8-20(18)25/h3-4,6,8,17,19H,5,7,9-16H2,1-2H3,(H,26,32)/t19-/m1/s1. The predicted molar refractivity (Wildman–Crippen MR) is 118 cm³/mol. The highest BCUT2D eigenvalue weighted by Crippen LogP contribution is 2.32. The number of carbonyl (C=O) groups is 3. The quantitative estimate of drug-likeness (QED) is 0.708. The van der Waals surface area contributed by atoms with E-state index in [0.29, 0.717) is 50.3 Å². The summed E-state index contributed by atoms with van der Waals surface area (Å²) >= 11 is 0. The van der Waals surface area contributed by atoms with Crippen molar-refractivity contribution < 1.29 is 18.8 Å². The van der Waals surface area contributed by atoms with Gasteiger partial charge in [-0.15, -0.1) is 0 Å². The smallest absolute Gasteiger partial charge is 0.325 e. The van der Waals surface area contributed by atoms with Crippen LogP contribution in [0, 0.1) is 11.7 Å². The molecule has 8 heteroatoms. The largest absolute Gasteiger partial charge is 0.340 e. The topological polar surface area (TPSA) is 73.0 Å². The van der Waals surface area contributed by atoms with Gasteiger partial charge in [-0.3, -0.25) is 14.5 Å². The van der Waals surface area contributed by atoms with Crippen molar-refractivity contribution in [2.45, 2.75) is 57.5 Å². The third-order valence-corrected chi connectivity index (χ3v) is 6.94. The fourth-order valence-electron chi connectivity index (χ4n) is 5.25. The molecule has 1 atom stereocenters. The highest BCUT2D eigenvalue weighted by atomic mass is 19.1. The minimum atomic E-state index is -0.815. The molecule has 32 heavy (non-hydrogen) atoms. The zero-order valence-electron chi connectivity index (χ0n) is 19.0. The number of amides is 4. The normalized spacial score (nSPS) is 23.8. The van der Waals surface area contributed by atoms with Crippen LogP contribution in [0.15, 0.2) is 24.3 Å². The van der Waals surface area contributed by atoms with Gasteiger partial charge in [0.2, 0.25) is 5.91 Å². The fourth-order valence-corrected chi connectivity index (χ4v) is 5.25. The number of imide groups is 1. The van der Waals surface area contributed by atoms with Crippen molar-refractivity contribution in [1.29, 1.82) is 0 Å². The maximum atomic E-state index is 14.0. The third kappa shape index (κ3) is 4.51. The van der Waals surface area contributed by atoms with Gasteiger partial charge in [-0.05, 0) is 43.2 Å². The van der Waals surface area contributed by atoms with E-state index in [1.165, 1.54) is 11.0 Å². The van der Waals surface area contributed by atoms with E-state index in [-0.39, 0.29) is 30.3 Å². The average Bonchev–Trinajstić information content (AvgIpc) is 3.00. The average molecular weight is 445 g/mol. The predicted octanol–water partition coefficient (Wildman–Crippen LogP) is 2.40. The van der Waals surface area contributed by atoms with Crippen LogP contribution in [0.1, 0.15) is 45.1 Å². The van der Waals surface area contributed by atoms with Gasteiger partial charge < -0.3 is 15.1 Å². The lowest BCUT2D eigenvalue weighted by Crippen LogP contribution is -2.56. The number of nitrogens with one attached hydrogen (secondary N) is 1. The minimum absolute atomic E-state index is 0.0187. The molecule has 4 rings (SSSR count). The summed E-state index contributed by atoms with van der Waals surface area (Å²) in [7, 11) is 0. The van der Waals surface area contributed by atoms with Crippen LogP contribution < -0.4 is 5.32 Å². The molecule has 0 aromatic heterocycles.